The fraction of sp³-hybridized carbons (Fsp3) is 0.567. The van der Waals surface area contributed by atoms with Crippen LogP contribution in [0.15, 0.2) is 60.7 Å². The zero-order chi connectivity index (χ0) is 26.6. The molecule has 1 amide bonds. The van der Waals surface area contributed by atoms with E-state index in [1.165, 1.54) is 10.4 Å². The van der Waals surface area contributed by atoms with Gasteiger partial charge < -0.3 is 19.2 Å². The molecule has 1 atom stereocenters. The van der Waals surface area contributed by atoms with Gasteiger partial charge in [-0.15, -0.1) is 0 Å². The normalized spacial score (nSPS) is 17.5. The van der Waals surface area contributed by atoms with Crippen LogP contribution < -0.4 is 10.4 Å². The lowest BCUT2D eigenvalue weighted by atomic mass is 9.80. The molecule has 1 heterocycles. The smallest absolute Gasteiger partial charge is 0.410 e. The van der Waals surface area contributed by atoms with Crippen LogP contribution >= 0.6 is 0 Å². The van der Waals surface area contributed by atoms with E-state index in [0.29, 0.717) is 26.1 Å². The first kappa shape index (κ1) is 28.4. The van der Waals surface area contributed by atoms with Crippen LogP contribution in [0.2, 0.25) is 5.04 Å². The van der Waals surface area contributed by atoms with Crippen molar-refractivity contribution in [1.29, 1.82) is 0 Å². The lowest BCUT2D eigenvalue weighted by Gasteiger charge is -2.44. The van der Waals surface area contributed by atoms with Gasteiger partial charge in [0, 0.05) is 19.7 Å². The number of ether oxygens (including phenoxy) is 1. The Balaban J connectivity index is 1.72. The summed E-state index contributed by atoms with van der Waals surface area (Å²) in [5.41, 5.74) is -1.37. The fourth-order valence-electron chi connectivity index (χ4n) is 5.39. The number of carbonyl (C=O) groups excluding carboxylic acids is 1. The van der Waals surface area contributed by atoms with Gasteiger partial charge >= 0.3 is 6.09 Å². The van der Waals surface area contributed by atoms with Gasteiger partial charge in [-0.1, -0.05) is 81.4 Å². The van der Waals surface area contributed by atoms with E-state index in [9.17, 15) is 9.90 Å². The first-order chi connectivity index (χ1) is 16.8. The number of nitrogens with zero attached hydrogens (tertiary/aromatic N) is 1. The first-order valence-electron chi connectivity index (χ1n) is 13.2. The molecule has 6 heteroatoms. The molecule has 5 nitrogen and oxygen atoms in total. The van der Waals surface area contributed by atoms with E-state index in [2.05, 4.69) is 69.3 Å². The highest BCUT2D eigenvalue weighted by Crippen LogP contribution is 2.38. The second-order valence-corrected chi connectivity index (χ2v) is 16.7. The zero-order valence-corrected chi connectivity index (χ0v) is 24.2. The highest BCUT2D eigenvalue weighted by Gasteiger charge is 2.50. The lowest BCUT2D eigenvalue weighted by Crippen LogP contribution is -2.66. The van der Waals surface area contributed by atoms with Gasteiger partial charge in [-0.05, 0) is 68.3 Å². The molecule has 1 saturated heterocycles. The van der Waals surface area contributed by atoms with Gasteiger partial charge in [0.1, 0.15) is 5.60 Å². The molecule has 198 valence electrons. The Bertz CT molecular complexity index is 932. The summed E-state index contributed by atoms with van der Waals surface area (Å²) in [6.07, 6.45) is 1.79. The minimum Gasteiger partial charge on any atom is -0.444 e. The molecule has 36 heavy (non-hydrogen) atoms. The van der Waals surface area contributed by atoms with Gasteiger partial charge in [0.15, 0.2) is 0 Å². The van der Waals surface area contributed by atoms with Gasteiger partial charge in [0.05, 0.1) is 5.60 Å². The Hall–Kier alpha value is -2.15. The minimum atomic E-state index is -2.63. The van der Waals surface area contributed by atoms with Crippen molar-refractivity contribution in [2.75, 3.05) is 19.7 Å². The van der Waals surface area contributed by atoms with E-state index in [4.69, 9.17) is 9.16 Å². The van der Waals surface area contributed by atoms with Gasteiger partial charge in [0.2, 0.25) is 0 Å². The number of rotatable bonds is 7. The van der Waals surface area contributed by atoms with Crippen LogP contribution in [0, 0.1) is 5.92 Å². The third-order valence-corrected chi connectivity index (χ3v) is 12.4. The summed E-state index contributed by atoms with van der Waals surface area (Å²) in [5, 5.41) is 13.9. The molecule has 3 rings (SSSR count). The minimum absolute atomic E-state index is 0.0969. The maximum absolute atomic E-state index is 12.4. The number of hydrogen-bond acceptors (Lipinski definition) is 4. The predicted molar refractivity (Wildman–Crippen MR) is 149 cm³/mol. The van der Waals surface area contributed by atoms with E-state index < -0.39 is 19.5 Å². The third-order valence-electron chi connectivity index (χ3n) is 7.37. The predicted octanol–water partition coefficient (Wildman–Crippen LogP) is 5.35. The second kappa shape index (κ2) is 11.1. The van der Waals surface area contributed by atoms with Gasteiger partial charge in [-0.2, -0.15) is 0 Å². The molecule has 0 aromatic heterocycles. The van der Waals surface area contributed by atoms with Crippen molar-refractivity contribution in [3.05, 3.63) is 60.7 Å². The standard InChI is InChI=1S/C30H45NO4Si/c1-28(2,3)35-27(32)31-21-18-24(19-22-31)30(7,33)20-23-34-36(29(4,5)6,25-14-10-8-11-15-25)26-16-12-9-13-17-26/h8-17,24,33H,18-23H2,1-7H3. The lowest BCUT2D eigenvalue weighted by molar-refractivity contribution is -0.0462. The summed E-state index contributed by atoms with van der Waals surface area (Å²) in [7, 11) is -2.63. The highest BCUT2D eigenvalue weighted by atomic mass is 28.4. The van der Waals surface area contributed by atoms with E-state index in [-0.39, 0.29) is 17.0 Å². The van der Waals surface area contributed by atoms with Crippen LogP contribution in [0.4, 0.5) is 4.79 Å². The quantitative estimate of drug-likeness (QED) is 0.509. The van der Waals surface area contributed by atoms with Crippen molar-refractivity contribution in [3.8, 4) is 0 Å². The Morgan fingerprint density at radius 2 is 1.36 bits per heavy atom. The Morgan fingerprint density at radius 1 is 0.889 bits per heavy atom. The topological polar surface area (TPSA) is 59.0 Å². The average Bonchev–Trinajstić information content (AvgIpc) is 2.81. The largest absolute Gasteiger partial charge is 0.444 e. The number of carbonyl (C=O) groups is 1. The Kier molecular flexibility index (Phi) is 8.74. The number of amides is 1. The third kappa shape index (κ3) is 6.58. The molecule has 0 aliphatic carbocycles. The summed E-state index contributed by atoms with van der Waals surface area (Å²) >= 11 is 0. The summed E-state index contributed by atoms with van der Waals surface area (Å²) in [4.78, 5) is 14.2. The molecule has 0 spiro atoms. The molecule has 1 unspecified atom stereocenters. The average molecular weight is 512 g/mol. The number of likely N-dealkylation sites (tertiary alicyclic amines) is 1. The molecule has 1 fully saturated rings. The summed E-state index contributed by atoms with van der Waals surface area (Å²) < 4.78 is 12.5. The molecule has 2 aromatic carbocycles. The molecule has 0 saturated carbocycles. The maximum Gasteiger partial charge on any atom is 0.410 e. The van der Waals surface area contributed by atoms with Crippen LogP contribution in [0.3, 0.4) is 0 Å². The fourth-order valence-corrected chi connectivity index (χ4v) is 9.95. The Labute approximate surface area is 218 Å². The monoisotopic (exact) mass is 511 g/mol. The van der Waals surface area contributed by atoms with E-state index in [1.807, 2.05) is 39.8 Å². The van der Waals surface area contributed by atoms with Crippen LogP contribution in [0.1, 0.15) is 67.7 Å². The molecular formula is C30H45NO4Si. The second-order valence-electron chi connectivity index (χ2n) is 12.4. The maximum atomic E-state index is 12.4. The van der Waals surface area contributed by atoms with E-state index in [0.717, 1.165) is 12.8 Å². The number of aliphatic hydroxyl groups is 1. The molecule has 1 aliphatic rings. The van der Waals surface area contributed by atoms with Crippen LogP contribution in [-0.4, -0.2) is 55.3 Å². The number of benzene rings is 2. The molecule has 2 aromatic rings. The summed E-state index contributed by atoms with van der Waals surface area (Å²) in [6.45, 7) is 16.1. The van der Waals surface area contributed by atoms with Crippen molar-refractivity contribution in [2.45, 2.75) is 84.0 Å². The van der Waals surface area contributed by atoms with Crippen molar-refractivity contribution in [2.24, 2.45) is 5.92 Å². The van der Waals surface area contributed by atoms with Gasteiger partial charge in [-0.25, -0.2) is 4.79 Å². The molecule has 0 radical (unpaired) electrons. The Morgan fingerprint density at radius 3 is 1.78 bits per heavy atom. The van der Waals surface area contributed by atoms with Gasteiger partial charge in [0.25, 0.3) is 8.32 Å². The van der Waals surface area contributed by atoms with Gasteiger partial charge in [-0.3, -0.25) is 0 Å². The number of hydrogen-bond donors (Lipinski definition) is 1. The van der Waals surface area contributed by atoms with Crippen LogP contribution in [-0.2, 0) is 9.16 Å². The van der Waals surface area contributed by atoms with E-state index in [1.54, 1.807) is 4.90 Å². The molecule has 1 N–H and O–H groups in total. The molecule has 0 bridgehead atoms. The summed E-state index contributed by atoms with van der Waals surface area (Å²) in [6, 6.07) is 21.2. The van der Waals surface area contributed by atoms with Crippen molar-refractivity contribution in [3.63, 3.8) is 0 Å². The van der Waals surface area contributed by atoms with Crippen molar-refractivity contribution in [1.82, 2.24) is 4.90 Å². The van der Waals surface area contributed by atoms with Crippen LogP contribution in [0.5, 0.6) is 0 Å². The van der Waals surface area contributed by atoms with E-state index >= 15 is 0 Å². The SMILES string of the molecule is CC(C)(C)OC(=O)N1CCC(C(C)(O)CCO[Si](c2ccccc2)(c2ccccc2)C(C)(C)C)CC1. The first-order valence-corrected chi connectivity index (χ1v) is 15.1. The molecule has 1 aliphatic heterocycles. The van der Waals surface area contributed by atoms with Crippen molar-refractivity contribution >= 4 is 24.8 Å². The highest BCUT2D eigenvalue weighted by molar-refractivity contribution is 6.99. The zero-order valence-electron chi connectivity index (χ0n) is 23.2. The molecular weight excluding hydrogens is 466 g/mol. The number of piperidine rings is 1. The summed E-state index contributed by atoms with van der Waals surface area (Å²) in [5.74, 6) is 0.110. The van der Waals surface area contributed by atoms with Crippen LogP contribution in [0.25, 0.3) is 0 Å². The van der Waals surface area contributed by atoms with Crippen molar-refractivity contribution < 1.29 is 19.1 Å².